The molecule has 0 aliphatic carbocycles. The maximum absolute atomic E-state index is 12.7. The lowest BCUT2D eigenvalue weighted by atomic mass is 10.1. The fourth-order valence-corrected chi connectivity index (χ4v) is 4.87. The number of nitrogens with zero attached hydrogens (tertiary/aromatic N) is 1. The molecule has 4 nitrogen and oxygen atoms in total. The van der Waals surface area contributed by atoms with Gasteiger partial charge < -0.3 is 5.32 Å². The van der Waals surface area contributed by atoms with Crippen LogP contribution in [0.2, 0.25) is 0 Å². The summed E-state index contributed by atoms with van der Waals surface area (Å²) < 4.78 is 25.3. The smallest absolute Gasteiger partial charge is 0.157 e. The Bertz CT molecular complexity index is 750. The molecule has 1 aromatic heterocycles. The van der Waals surface area contributed by atoms with Gasteiger partial charge in [0.25, 0.3) is 0 Å². The van der Waals surface area contributed by atoms with Gasteiger partial charge in [0.1, 0.15) is 0 Å². The van der Waals surface area contributed by atoms with E-state index in [-0.39, 0.29) is 11.0 Å². The van der Waals surface area contributed by atoms with Gasteiger partial charge in [0.15, 0.2) is 9.84 Å². The van der Waals surface area contributed by atoms with Crippen LogP contribution in [0.25, 0.3) is 10.9 Å². The second-order valence-electron chi connectivity index (χ2n) is 5.70. The Morgan fingerprint density at radius 1 is 1.24 bits per heavy atom. The van der Waals surface area contributed by atoms with E-state index in [9.17, 15) is 8.42 Å². The molecule has 1 aliphatic heterocycles. The fraction of sp³-hybridized carbons (Fsp3) is 0.438. The van der Waals surface area contributed by atoms with Gasteiger partial charge in [0.2, 0.25) is 0 Å². The first-order valence-electron chi connectivity index (χ1n) is 7.34. The summed E-state index contributed by atoms with van der Waals surface area (Å²) in [5, 5.41) is 3.94. The van der Waals surface area contributed by atoms with E-state index in [1.165, 1.54) is 0 Å². The monoisotopic (exact) mass is 304 g/mol. The Morgan fingerprint density at radius 2 is 1.95 bits per heavy atom. The van der Waals surface area contributed by atoms with Crippen molar-refractivity contribution in [2.45, 2.75) is 30.8 Å². The van der Waals surface area contributed by atoms with Crippen LogP contribution < -0.4 is 5.32 Å². The third-order valence-electron chi connectivity index (χ3n) is 4.08. The molecule has 3 rings (SSSR count). The quantitative estimate of drug-likeness (QED) is 0.944. The first kappa shape index (κ1) is 14.5. The lowest BCUT2D eigenvalue weighted by Gasteiger charge is -2.23. The van der Waals surface area contributed by atoms with Crippen LogP contribution in [0.5, 0.6) is 0 Å². The molecule has 5 heteroatoms. The summed E-state index contributed by atoms with van der Waals surface area (Å²) in [5.74, 6) is 0.113. The second-order valence-corrected chi connectivity index (χ2v) is 7.98. The van der Waals surface area contributed by atoms with Crippen LogP contribution in [0, 0.1) is 6.92 Å². The molecule has 2 heterocycles. The van der Waals surface area contributed by atoms with Gasteiger partial charge in [-0.1, -0.05) is 18.2 Å². The minimum atomic E-state index is -3.11. The number of rotatable bonds is 3. The van der Waals surface area contributed by atoms with E-state index < -0.39 is 9.84 Å². The van der Waals surface area contributed by atoms with Crippen molar-refractivity contribution in [3.05, 3.63) is 41.6 Å². The Kier molecular flexibility index (Phi) is 3.95. The number of piperidine rings is 1. The van der Waals surface area contributed by atoms with Gasteiger partial charge in [-0.2, -0.15) is 0 Å². The van der Waals surface area contributed by atoms with Crippen LogP contribution in [-0.2, 0) is 15.6 Å². The summed E-state index contributed by atoms with van der Waals surface area (Å²) in [6.07, 6.45) is 1.43. The molecule has 2 aromatic rings. The minimum Gasteiger partial charge on any atom is -0.317 e. The van der Waals surface area contributed by atoms with Crippen LogP contribution in [0.3, 0.4) is 0 Å². The van der Waals surface area contributed by atoms with E-state index in [4.69, 9.17) is 0 Å². The van der Waals surface area contributed by atoms with E-state index in [1.807, 2.05) is 37.3 Å². The fourth-order valence-electron chi connectivity index (χ4n) is 3.00. The van der Waals surface area contributed by atoms with Gasteiger partial charge in [-0.25, -0.2) is 8.42 Å². The molecule has 1 aliphatic rings. The molecule has 0 bridgehead atoms. The summed E-state index contributed by atoms with van der Waals surface area (Å²) in [4.78, 5) is 4.47. The highest BCUT2D eigenvalue weighted by atomic mass is 32.2. The lowest BCUT2D eigenvalue weighted by Crippen LogP contribution is -2.36. The Balaban J connectivity index is 1.97. The van der Waals surface area contributed by atoms with Crippen LogP contribution >= 0.6 is 0 Å². The van der Waals surface area contributed by atoms with E-state index in [0.717, 1.165) is 35.2 Å². The summed E-state index contributed by atoms with van der Waals surface area (Å²) in [6, 6.07) is 9.65. The molecule has 1 saturated heterocycles. The number of para-hydroxylation sites is 1. The number of benzene rings is 1. The van der Waals surface area contributed by atoms with E-state index in [0.29, 0.717) is 12.8 Å². The predicted molar refractivity (Wildman–Crippen MR) is 85.0 cm³/mol. The number of nitrogens with one attached hydrogen (secondary N) is 1. The topological polar surface area (TPSA) is 59.1 Å². The van der Waals surface area contributed by atoms with Crippen molar-refractivity contribution in [3.8, 4) is 0 Å². The van der Waals surface area contributed by atoms with Gasteiger partial charge in [0.05, 0.1) is 16.5 Å². The van der Waals surface area contributed by atoms with Crippen molar-refractivity contribution in [1.29, 1.82) is 0 Å². The van der Waals surface area contributed by atoms with Crippen LogP contribution in [-0.4, -0.2) is 31.7 Å². The van der Waals surface area contributed by atoms with Gasteiger partial charge in [0, 0.05) is 11.1 Å². The van der Waals surface area contributed by atoms with Gasteiger partial charge >= 0.3 is 0 Å². The number of aromatic nitrogens is 1. The van der Waals surface area contributed by atoms with E-state index in [2.05, 4.69) is 10.3 Å². The van der Waals surface area contributed by atoms with Gasteiger partial charge in [-0.15, -0.1) is 0 Å². The molecular weight excluding hydrogens is 284 g/mol. The molecule has 0 atom stereocenters. The zero-order chi connectivity index (χ0) is 14.9. The zero-order valence-corrected chi connectivity index (χ0v) is 13.0. The highest BCUT2D eigenvalue weighted by Gasteiger charge is 2.27. The summed E-state index contributed by atoms with van der Waals surface area (Å²) in [7, 11) is -3.11. The van der Waals surface area contributed by atoms with Crippen molar-refractivity contribution in [2.24, 2.45) is 0 Å². The third kappa shape index (κ3) is 3.09. The highest BCUT2D eigenvalue weighted by molar-refractivity contribution is 7.91. The minimum absolute atomic E-state index is 0.113. The van der Waals surface area contributed by atoms with E-state index in [1.54, 1.807) is 0 Å². The Hall–Kier alpha value is -1.46. The highest BCUT2D eigenvalue weighted by Crippen LogP contribution is 2.24. The number of aryl methyl sites for hydroxylation is 1. The molecule has 0 unspecified atom stereocenters. The normalized spacial score (nSPS) is 17.2. The second kappa shape index (κ2) is 5.73. The summed E-state index contributed by atoms with van der Waals surface area (Å²) in [5.41, 5.74) is 2.61. The average Bonchev–Trinajstić information content (AvgIpc) is 2.47. The lowest BCUT2D eigenvalue weighted by molar-refractivity contribution is 0.496. The SMILES string of the molecule is Cc1cc(CS(=O)(=O)C2CCNCC2)c2ccccc2n1. The first-order chi connectivity index (χ1) is 10.1. The van der Waals surface area contributed by atoms with Crippen molar-refractivity contribution >= 4 is 20.7 Å². The summed E-state index contributed by atoms with van der Waals surface area (Å²) in [6.45, 7) is 3.49. The van der Waals surface area contributed by atoms with E-state index >= 15 is 0 Å². The van der Waals surface area contributed by atoms with Crippen molar-refractivity contribution in [1.82, 2.24) is 10.3 Å². The molecular formula is C16H20N2O2S. The predicted octanol–water partition coefficient (Wildman–Crippen LogP) is 2.21. The van der Waals surface area contributed by atoms with Crippen molar-refractivity contribution in [3.63, 3.8) is 0 Å². The number of hydrogen-bond donors (Lipinski definition) is 1. The first-order valence-corrected chi connectivity index (χ1v) is 9.05. The molecule has 21 heavy (non-hydrogen) atoms. The van der Waals surface area contributed by atoms with Crippen LogP contribution in [0.15, 0.2) is 30.3 Å². The summed E-state index contributed by atoms with van der Waals surface area (Å²) >= 11 is 0. The standard InChI is InChI=1S/C16H20N2O2S/c1-12-10-13(15-4-2-3-5-16(15)18-12)11-21(19,20)14-6-8-17-9-7-14/h2-5,10,14,17H,6-9,11H2,1H3. The van der Waals surface area contributed by atoms with Crippen molar-refractivity contribution < 1.29 is 8.42 Å². The number of fused-ring (bicyclic) bond motifs is 1. The zero-order valence-electron chi connectivity index (χ0n) is 12.2. The molecule has 0 amide bonds. The Labute approximate surface area is 125 Å². The third-order valence-corrected chi connectivity index (χ3v) is 6.28. The van der Waals surface area contributed by atoms with Crippen molar-refractivity contribution in [2.75, 3.05) is 13.1 Å². The number of sulfone groups is 1. The molecule has 112 valence electrons. The maximum atomic E-state index is 12.7. The maximum Gasteiger partial charge on any atom is 0.157 e. The average molecular weight is 304 g/mol. The molecule has 0 spiro atoms. The van der Waals surface area contributed by atoms with Gasteiger partial charge in [-0.05, 0) is 50.6 Å². The van der Waals surface area contributed by atoms with Crippen LogP contribution in [0.1, 0.15) is 24.1 Å². The van der Waals surface area contributed by atoms with Crippen LogP contribution in [0.4, 0.5) is 0 Å². The molecule has 1 N–H and O–H groups in total. The molecule has 0 radical (unpaired) electrons. The molecule has 0 saturated carbocycles. The Morgan fingerprint density at radius 3 is 2.71 bits per heavy atom. The number of pyridine rings is 1. The molecule has 1 aromatic carbocycles. The largest absolute Gasteiger partial charge is 0.317 e. The molecule has 1 fully saturated rings. The van der Waals surface area contributed by atoms with Gasteiger partial charge in [-0.3, -0.25) is 4.98 Å². The number of hydrogen-bond acceptors (Lipinski definition) is 4.